The van der Waals surface area contributed by atoms with Crippen molar-refractivity contribution in [1.82, 2.24) is 9.55 Å². The highest BCUT2D eigenvalue weighted by molar-refractivity contribution is 5.86. The van der Waals surface area contributed by atoms with Gasteiger partial charge in [-0.3, -0.25) is 0 Å². The van der Waals surface area contributed by atoms with E-state index in [1.807, 2.05) is 48.5 Å². The molecule has 0 radical (unpaired) electrons. The predicted molar refractivity (Wildman–Crippen MR) is 88.7 cm³/mol. The number of carboxylic acid groups (broad SMARTS) is 1. The van der Waals surface area contributed by atoms with E-state index in [2.05, 4.69) is 4.98 Å². The maximum absolute atomic E-state index is 11.8. The number of aromatic nitrogens is 2. The van der Waals surface area contributed by atoms with Crippen LogP contribution >= 0.6 is 0 Å². The third-order valence-electron chi connectivity index (χ3n) is 3.97. The van der Waals surface area contributed by atoms with Crippen molar-refractivity contribution < 1.29 is 14.6 Å². The fourth-order valence-corrected chi connectivity index (χ4v) is 2.64. The molecular weight excluding hydrogens is 292 g/mol. The van der Waals surface area contributed by atoms with Gasteiger partial charge in [-0.25, -0.2) is 9.78 Å². The Balaban J connectivity index is 2.34. The summed E-state index contributed by atoms with van der Waals surface area (Å²) in [5.74, 6) is 0.400. The van der Waals surface area contributed by atoms with Gasteiger partial charge in [0.15, 0.2) is 0 Å². The smallest absolute Gasteiger partial charge is 0.329 e. The van der Waals surface area contributed by atoms with E-state index in [9.17, 15) is 9.90 Å². The number of hydrogen-bond acceptors (Lipinski definition) is 3. The standard InChI is InChI=1S/C18H18N2O3/c1-18(2,17(21)22)20-15-10-5-4-9-14(15)19-16(20)12-7-6-8-13(11-12)23-3/h4-11H,1-3H3,(H,21,22). The van der Waals surface area contributed by atoms with Crippen LogP contribution in [0, 0.1) is 0 Å². The molecule has 1 aromatic heterocycles. The highest BCUT2D eigenvalue weighted by Crippen LogP contribution is 2.32. The first-order chi connectivity index (χ1) is 10.9. The summed E-state index contributed by atoms with van der Waals surface area (Å²) >= 11 is 0. The molecule has 118 valence electrons. The highest BCUT2D eigenvalue weighted by Gasteiger charge is 2.33. The Labute approximate surface area is 134 Å². The number of aliphatic carboxylic acids is 1. The van der Waals surface area contributed by atoms with Crippen molar-refractivity contribution in [3.63, 3.8) is 0 Å². The second-order valence-corrected chi connectivity index (χ2v) is 5.86. The molecule has 0 unspecified atom stereocenters. The fraction of sp³-hybridized carbons (Fsp3) is 0.222. The number of benzene rings is 2. The van der Waals surface area contributed by atoms with Crippen LogP contribution < -0.4 is 4.74 Å². The van der Waals surface area contributed by atoms with Crippen LogP contribution in [-0.2, 0) is 10.3 Å². The van der Waals surface area contributed by atoms with Gasteiger partial charge >= 0.3 is 5.97 Å². The van der Waals surface area contributed by atoms with Crippen LogP contribution in [0.1, 0.15) is 13.8 Å². The van der Waals surface area contributed by atoms with Crippen LogP contribution in [0.5, 0.6) is 5.75 Å². The Morgan fingerprint density at radius 2 is 1.91 bits per heavy atom. The Morgan fingerprint density at radius 3 is 2.61 bits per heavy atom. The van der Waals surface area contributed by atoms with E-state index in [0.717, 1.165) is 16.6 Å². The Kier molecular flexibility index (Phi) is 3.56. The SMILES string of the molecule is COc1cccc(-c2nc3ccccc3n2C(C)(C)C(=O)O)c1. The van der Waals surface area contributed by atoms with Crippen LogP contribution in [0.2, 0.25) is 0 Å². The van der Waals surface area contributed by atoms with E-state index >= 15 is 0 Å². The predicted octanol–water partition coefficient (Wildman–Crippen LogP) is 3.53. The number of rotatable bonds is 4. The van der Waals surface area contributed by atoms with E-state index in [1.54, 1.807) is 25.5 Å². The average Bonchev–Trinajstić information content (AvgIpc) is 2.95. The van der Waals surface area contributed by atoms with Crippen LogP contribution in [-0.4, -0.2) is 27.7 Å². The number of hydrogen-bond donors (Lipinski definition) is 1. The molecule has 5 heteroatoms. The molecule has 0 fully saturated rings. The lowest BCUT2D eigenvalue weighted by Gasteiger charge is -2.25. The van der Waals surface area contributed by atoms with Crippen molar-refractivity contribution >= 4 is 17.0 Å². The summed E-state index contributed by atoms with van der Waals surface area (Å²) in [5.41, 5.74) is 1.24. The summed E-state index contributed by atoms with van der Waals surface area (Å²) in [7, 11) is 1.60. The molecule has 0 spiro atoms. The van der Waals surface area contributed by atoms with Crippen molar-refractivity contribution in [2.75, 3.05) is 7.11 Å². The number of fused-ring (bicyclic) bond motifs is 1. The van der Waals surface area contributed by atoms with Crippen LogP contribution in [0.15, 0.2) is 48.5 Å². The lowest BCUT2D eigenvalue weighted by Crippen LogP contribution is -2.36. The largest absolute Gasteiger partial charge is 0.497 e. The zero-order valence-electron chi connectivity index (χ0n) is 13.3. The van der Waals surface area contributed by atoms with Crippen molar-refractivity contribution in [2.45, 2.75) is 19.4 Å². The Morgan fingerprint density at radius 1 is 1.17 bits per heavy atom. The first kappa shape index (κ1) is 15.1. The second kappa shape index (κ2) is 5.43. The maximum Gasteiger partial charge on any atom is 0.329 e. The van der Waals surface area contributed by atoms with E-state index < -0.39 is 11.5 Å². The monoisotopic (exact) mass is 310 g/mol. The zero-order chi connectivity index (χ0) is 16.6. The molecule has 1 N–H and O–H groups in total. The van der Waals surface area contributed by atoms with Gasteiger partial charge in [0.2, 0.25) is 0 Å². The number of carboxylic acids is 1. The molecule has 0 saturated heterocycles. The summed E-state index contributed by atoms with van der Waals surface area (Å²) in [5, 5.41) is 9.67. The van der Waals surface area contributed by atoms with Gasteiger partial charge in [-0.1, -0.05) is 24.3 Å². The van der Waals surface area contributed by atoms with Crippen molar-refractivity contribution in [3.8, 4) is 17.1 Å². The van der Waals surface area contributed by atoms with E-state index in [1.165, 1.54) is 0 Å². The van der Waals surface area contributed by atoms with E-state index in [-0.39, 0.29) is 0 Å². The van der Waals surface area contributed by atoms with Crippen LogP contribution in [0.4, 0.5) is 0 Å². The molecule has 2 aromatic carbocycles. The van der Waals surface area contributed by atoms with Gasteiger partial charge in [0, 0.05) is 5.56 Å². The van der Waals surface area contributed by atoms with Gasteiger partial charge in [0.25, 0.3) is 0 Å². The molecule has 0 aliphatic rings. The minimum Gasteiger partial charge on any atom is -0.497 e. The molecule has 1 heterocycles. The van der Waals surface area contributed by atoms with Crippen LogP contribution in [0.25, 0.3) is 22.4 Å². The van der Waals surface area contributed by atoms with Gasteiger partial charge in [-0.15, -0.1) is 0 Å². The lowest BCUT2D eigenvalue weighted by atomic mass is 10.0. The quantitative estimate of drug-likeness (QED) is 0.800. The number of methoxy groups -OCH3 is 1. The number of nitrogens with zero attached hydrogens (tertiary/aromatic N) is 2. The topological polar surface area (TPSA) is 64.4 Å². The summed E-state index contributed by atoms with van der Waals surface area (Å²) in [6.07, 6.45) is 0. The molecule has 0 atom stereocenters. The first-order valence-electron chi connectivity index (χ1n) is 7.31. The zero-order valence-corrected chi connectivity index (χ0v) is 13.3. The molecule has 23 heavy (non-hydrogen) atoms. The van der Waals surface area contributed by atoms with Crippen LogP contribution in [0.3, 0.4) is 0 Å². The molecule has 0 aliphatic carbocycles. The van der Waals surface area contributed by atoms with Crippen molar-refractivity contribution in [2.24, 2.45) is 0 Å². The minimum absolute atomic E-state index is 0.609. The number of carbonyl (C=O) groups is 1. The number of ether oxygens (including phenoxy) is 1. The maximum atomic E-state index is 11.8. The minimum atomic E-state index is -1.13. The molecule has 3 rings (SSSR count). The second-order valence-electron chi connectivity index (χ2n) is 5.86. The average molecular weight is 310 g/mol. The molecule has 5 nitrogen and oxygen atoms in total. The highest BCUT2D eigenvalue weighted by atomic mass is 16.5. The number of para-hydroxylation sites is 2. The van der Waals surface area contributed by atoms with Gasteiger partial charge in [-0.05, 0) is 38.1 Å². The summed E-state index contributed by atoms with van der Waals surface area (Å²) in [6, 6.07) is 15.0. The van der Waals surface area contributed by atoms with Gasteiger partial charge in [-0.2, -0.15) is 0 Å². The summed E-state index contributed by atoms with van der Waals surface area (Å²) < 4.78 is 7.03. The molecule has 0 saturated carbocycles. The Bertz CT molecular complexity index is 881. The molecule has 0 amide bonds. The third kappa shape index (κ3) is 2.44. The van der Waals surface area contributed by atoms with E-state index in [4.69, 9.17) is 4.74 Å². The van der Waals surface area contributed by atoms with E-state index in [0.29, 0.717) is 11.6 Å². The molecule has 0 aliphatic heterocycles. The Hall–Kier alpha value is -2.82. The van der Waals surface area contributed by atoms with Crippen molar-refractivity contribution in [1.29, 1.82) is 0 Å². The van der Waals surface area contributed by atoms with Gasteiger partial charge in [0.1, 0.15) is 17.1 Å². The fourth-order valence-electron chi connectivity index (χ4n) is 2.64. The normalized spacial score (nSPS) is 11.6. The summed E-state index contributed by atoms with van der Waals surface area (Å²) in [4.78, 5) is 16.4. The van der Waals surface area contributed by atoms with Gasteiger partial charge < -0.3 is 14.4 Å². The van der Waals surface area contributed by atoms with Gasteiger partial charge in [0.05, 0.1) is 18.1 Å². The lowest BCUT2D eigenvalue weighted by molar-refractivity contribution is -0.145. The molecular formula is C18H18N2O3. The third-order valence-corrected chi connectivity index (χ3v) is 3.97. The van der Waals surface area contributed by atoms with Crippen molar-refractivity contribution in [3.05, 3.63) is 48.5 Å². The molecule has 0 bridgehead atoms. The molecule has 3 aromatic rings. The summed E-state index contributed by atoms with van der Waals surface area (Å²) in [6.45, 7) is 3.35. The number of imidazole rings is 1. The first-order valence-corrected chi connectivity index (χ1v) is 7.31.